The zero-order chi connectivity index (χ0) is 31.1. The fourth-order valence-corrected chi connectivity index (χ4v) is 6.12. The van der Waals surface area contributed by atoms with Gasteiger partial charge in [0.05, 0.1) is 34.3 Å². The monoisotopic (exact) mass is 675 g/mol. The second-order valence-electron chi connectivity index (χ2n) is 10.6. The molecule has 8 nitrogen and oxygen atoms in total. The molecule has 1 N–H and O–H groups in total. The molecule has 1 aromatic heterocycles. The van der Waals surface area contributed by atoms with Crippen LogP contribution in [-0.4, -0.2) is 36.6 Å². The van der Waals surface area contributed by atoms with Crippen LogP contribution in [0, 0.1) is 0 Å². The number of esters is 1. The molecule has 5 aromatic rings. The number of imidazole rings is 1. The van der Waals surface area contributed by atoms with E-state index in [4.69, 9.17) is 14.5 Å². The minimum absolute atomic E-state index is 0.125. The number of sulfonamides is 1. The Hall–Kier alpha value is -4.15. The van der Waals surface area contributed by atoms with Crippen molar-refractivity contribution in [1.29, 1.82) is 0 Å². The number of nitrogens with zero attached hydrogens (tertiary/aromatic N) is 2. The van der Waals surface area contributed by atoms with Crippen LogP contribution in [-0.2, 0) is 19.6 Å². The number of nitrogens with one attached hydrogen (secondary N) is 1. The molecule has 0 atom stereocenters. The van der Waals surface area contributed by atoms with Crippen molar-refractivity contribution in [1.82, 2.24) is 9.55 Å². The summed E-state index contributed by atoms with van der Waals surface area (Å²) in [6, 6.07) is 29.7. The highest BCUT2D eigenvalue weighted by Crippen LogP contribution is 2.36. The average molecular weight is 677 g/mol. The van der Waals surface area contributed by atoms with Crippen molar-refractivity contribution < 1.29 is 22.7 Å². The van der Waals surface area contributed by atoms with Crippen LogP contribution in [0.2, 0.25) is 0 Å². The zero-order valence-corrected chi connectivity index (χ0v) is 27.0. The standard InChI is InChI=1S/C34H34BrN3O5S/c1-24(2)43-33(39)16-10-5-11-21-42-32-23-31-29(22-30(32)37-44(40,41)28-19-17-26(35)18-20-28)36-34(25-12-6-3-7-13-25)38(31)27-14-8-4-9-15-27/h3-4,6-9,12-15,17-20,22-24,37H,5,10-11,16,21H2,1-2H3. The van der Waals surface area contributed by atoms with Crippen LogP contribution in [0.5, 0.6) is 5.75 Å². The van der Waals surface area contributed by atoms with Gasteiger partial charge in [-0.25, -0.2) is 13.4 Å². The normalized spacial score (nSPS) is 11.5. The molecule has 0 aliphatic carbocycles. The summed E-state index contributed by atoms with van der Waals surface area (Å²) in [5.74, 6) is 0.896. The van der Waals surface area contributed by atoms with E-state index < -0.39 is 10.0 Å². The number of halogens is 1. The van der Waals surface area contributed by atoms with E-state index in [9.17, 15) is 13.2 Å². The van der Waals surface area contributed by atoms with Crippen LogP contribution < -0.4 is 9.46 Å². The molecule has 0 radical (unpaired) electrons. The number of anilines is 1. The number of hydrogen-bond donors (Lipinski definition) is 1. The molecule has 228 valence electrons. The minimum Gasteiger partial charge on any atom is -0.491 e. The van der Waals surface area contributed by atoms with E-state index >= 15 is 0 Å². The van der Waals surface area contributed by atoms with E-state index in [1.807, 2.05) is 85.1 Å². The summed E-state index contributed by atoms with van der Waals surface area (Å²) < 4.78 is 43.8. The van der Waals surface area contributed by atoms with Gasteiger partial charge in [-0.05, 0) is 75.6 Å². The van der Waals surface area contributed by atoms with E-state index in [0.29, 0.717) is 42.8 Å². The number of aromatic nitrogens is 2. The molecule has 0 fully saturated rings. The van der Waals surface area contributed by atoms with Crippen LogP contribution in [0.3, 0.4) is 0 Å². The van der Waals surface area contributed by atoms with Gasteiger partial charge in [0.15, 0.2) is 0 Å². The SMILES string of the molecule is CC(C)OC(=O)CCCCCOc1cc2c(cc1NS(=O)(=O)c1ccc(Br)cc1)nc(-c1ccccc1)n2-c1ccccc1. The first-order valence-electron chi connectivity index (χ1n) is 14.5. The van der Waals surface area contributed by atoms with E-state index in [0.717, 1.165) is 33.5 Å². The molecule has 1 heterocycles. The van der Waals surface area contributed by atoms with Gasteiger partial charge in [0, 0.05) is 28.2 Å². The number of benzene rings is 4. The largest absolute Gasteiger partial charge is 0.491 e. The Kier molecular flexibility index (Phi) is 10.0. The summed E-state index contributed by atoms with van der Waals surface area (Å²) in [6.07, 6.45) is 2.33. The molecule has 4 aromatic carbocycles. The van der Waals surface area contributed by atoms with Crippen molar-refractivity contribution in [2.24, 2.45) is 0 Å². The number of rotatable bonds is 13. The van der Waals surface area contributed by atoms with Crippen LogP contribution in [0.1, 0.15) is 39.5 Å². The van der Waals surface area contributed by atoms with Gasteiger partial charge in [-0.2, -0.15) is 0 Å². The fraction of sp³-hybridized carbons (Fsp3) is 0.235. The van der Waals surface area contributed by atoms with E-state index in [1.165, 1.54) is 12.1 Å². The highest BCUT2D eigenvalue weighted by atomic mass is 79.9. The van der Waals surface area contributed by atoms with Crippen molar-refractivity contribution in [2.75, 3.05) is 11.3 Å². The molecule has 44 heavy (non-hydrogen) atoms. The third-order valence-electron chi connectivity index (χ3n) is 6.82. The van der Waals surface area contributed by atoms with Crippen molar-refractivity contribution in [2.45, 2.75) is 50.5 Å². The van der Waals surface area contributed by atoms with Gasteiger partial charge < -0.3 is 9.47 Å². The molecule has 0 aliphatic rings. The Labute approximate surface area is 266 Å². The van der Waals surface area contributed by atoms with Gasteiger partial charge in [-0.3, -0.25) is 14.1 Å². The first kappa shape index (κ1) is 31.3. The second-order valence-corrected chi connectivity index (χ2v) is 13.2. The lowest BCUT2D eigenvalue weighted by atomic mass is 10.2. The Balaban J connectivity index is 1.50. The summed E-state index contributed by atoms with van der Waals surface area (Å²) in [4.78, 5) is 16.9. The number of ether oxygens (including phenoxy) is 2. The van der Waals surface area contributed by atoms with E-state index in [-0.39, 0.29) is 17.0 Å². The van der Waals surface area contributed by atoms with Gasteiger partial charge in [0.25, 0.3) is 10.0 Å². The summed E-state index contributed by atoms with van der Waals surface area (Å²) in [5.41, 5.74) is 3.50. The van der Waals surface area contributed by atoms with Gasteiger partial charge in [0.1, 0.15) is 11.6 Å². The van der Waals surface area contributed by atoms with Crippen LogP contribution >= 0.6 is 15.9 Å². The lowest BCUT2D eigenvalue weighted by molar-refractivity contribution is -0.147. The van der Waals surface area contributed by atoms with Crippen LogP contribution in [0.25, 0.3) is 28.1 Å². The summed E-state index contributed by atoms with van der Waals surface area (Å²) in [6.45, 7) is 4.00. The molecular formula is C34H34BrN3O5S. The fourth-order valence-electron chi connectivity index (χ4n) is 4.79. The topological polar surface area (TPSA) is 99.5 Å². The third-order valence-corrected chi connectivity index (χ3v) is 8.73. The minimum atomic E-state index is -3.92. The molecule has 0 saturated heterocycles. The van der Waals surface area contributed by atoms with Crippen LogP contribution in [0.4, 0.5) is 5.69 Å². The highest BCUT2D eigenvalue weighted by Gasteiger charge is 2.21. The molecule has 10 heteroatoms. The predicted molar refractivity (Wildman–Crippen MR) is 177 cm³/mol. The molecule has 5 rings (SSSR count). The summed E-state index contributed by atoms with van der Waals surface area (Å²) in [7, 11) is -3.92. The summed E-state index contributed by atoms with van der Waals surface area (Å²) >= 11 is 3.36. The number of unbranched alkanes of at least 4 members (excludes halogenated alkanes) is 2. The quantitative estimate of drug-likeness (QED) is 0.0999. The van der Waals surface area contributed by atoms with Crippen molar-refractivity contribution >= 4 is 48.6 Å². The Morgan fingerprint density at radius 1 is 0.909 bits per heavy atom. The van der Waals surface area contributed by atoms with E-state index in [1.54, 1.807) is 18.2 Å². The number of carbonyl (C=O) groups is 1. The van der Waals surface area contributed by atoms with Gasteiger partial charge in [-0.1, -0.05) is 64.5 Å². The predicted octanol–water partition coefficient (Wildman–Crippen LogP) is 8.15. The lowest BCUT2D eigenvalue weighted by Crippen LogP contribution is -2.14. The highest BCUT2D eigenvalue weighted by molar-refractivity contribution is 9.10. The molecule has 0 saturated carbocycles. The molecule has 0 spiro atoms. The number of para-hydroxylation sites is 1. The van der Waals surface area contributed by atoms with Crippen molar-refractivity contribution in [3.05, 3.63) is 102 Å². The third kappa shape index (κ3) is 7.67. The van der Waals surface area contributed by atoms with Gasteiger partial charge >= 0.3 is 5.97 Å². The number of carbonyl (C=O) groups excluding carboxylic acids is 1. The van der Waals surface area contributed by atoms with Gasteiger partial charge in [-0.15, -0.1) is 0 Å². The molecular weight excluding hydrogens is 642 g/mol. The maximum atomic E-state index is 13.4. The molecule has 0 unspecified atom stereocenters. The number of hydrogen-bond acceptors (Lipinski definition) is 6. The molecule has 0 aliphatic heterocycles. The van der Waals surface area contributed by atoms with Crippen molar-refractivity contribution in [3.63, 3.8) is 0 Å². The first-order valence-corrected chi connectivity index (χ1v) is 16.8. The number of fused-ring (bicyclic) bond motifs is 1. The Morgan fingerprint density at radius 2 is 1.59 bits per heavy atom. The average Bonchev–Trinajstić information content (AvgIpc) is 3.37. The van der Waals surface area contributed by atoms with Crippen molar-refractivity contribution in [3.8, 4) is 22.8 Å². The Morgan fingerprint density at radius 3 is 2.27 bits per heavy atom. The van der Waals surface area contributed by atoms with Crippen LogP contribution in [0.15, 0.2) is 106 Å². The van der Waals surface area contributed by atoms with Gasteiger partial charge in [0.2, 0.25) is 0 Å². The van der Waals surface area contributed by atoms with E-state index in [2.05, 4.69) is 20.7 Å². The molecule has 0 bridgehead atoms. The first-order chi connectivity index (χ1) is 21.2. The second kappa shape index (κ2) is 14.1. The zero-order valence-electron chi connectivity index (χ0n) is 24.6. The molecule has 0 amide bonds. The smallest absolute Gasteiger partial charge is 0.306 e. The maximum Gasteiger partial charge on any atom is 0.306 e. The Bertz CT molecular complexity index is 1820. The summed E-state index contributed by atoms with van der Waals surface area (Å²) in [5, 5.41) is 0. The lowest BCUT2D eigenvalue weighted by Gasteiger charge is -2.15. The maximum absolute atomic E-state index is 13.4.